The zero-order chi connectivity index (χ0) is 13.4. The molecule has 0 fully saturated rings. The van der Waals surface area contributed by atoms with Crippen LogP contribution in [0, 0.1) is 17.1 Å². The van der Waals surface area contributed by atoms with Crippen LogP contribution in [0.5, 0.6) is 0 Å². The van der Waals surface area contributed by atoms with Gasteiger partial charge in [0.05, 0.1) is 5.69 Å². The standard InChI is InChI=1S/C12H11ClFN3O/c13-5-6-16-12(18)9(7-15)8-17-11-4-2-1-3-10(11)14/h1-4,8,17H,5-6H2,(H,16,18)/b9-8-. The Hall–Kier alpha value is -2.06. The molecule has 0 aliphatic rings. The second kappa shape index (κ2) is 7.30. The average Bonchev–Trinajstić information content (AvgIpc) is 2.39. The van der Waals surface area contributed by atoms with Crippen LogP contribution in [-0.4, -0.2) is 18.3 Å². The van der Waals surface area contributed by atoms with Crippen LogP contribution in [0.3, 0.4) is 0 Å². The van der Waals surface area contributed by atoms with E-state index in [0.29, 0.717) is 0 Å². The van der Waals surface area contributed by atoms with Crippen LogP contribution in [0.2, 0.25) is 0 Å². The predicted octanol–water partition coefficient (Wildman–Crippen LogP) is 2.00. The third-order valence-corrected chi connectivity index (χ3v) is 2.18. The van der Waals surface area contributed by atoms with Gasteiger partial charge in [-0.2, -0.15) is 5.26 Å². The normalized spacial score (nSPS) is 10.6. The summed E-state index contributed by atoms with van der Waals surface area (Å²) in [5.41, 5.74) is 0.0405. The number of nitrogens with one attached hydrogen (secondary N) is 2. The van der Waals surface area contributed by atoms with Gasteiger partial charge in [-0.3, -0.25) is 4.79 Å². The Morgan fingerprint density at radius 1 is 1.50 bits per heavy atom. The molecule has 0 aliphatic heterocycles. The van der Waals surface area contributed by atoms with Gasteiger partial charge < -0.3 is 10.6 Å². The number of hydrogen-bond acceptors (Lipinski definition) is 3. The Labute approximate surface area is 109 Å². The molecule has 1 aromatic carbocycles. The zero-order valence-corrected chi connectivity index (χ0v) is 10.2. The minimum absolute atomic E-state index is 0.150. The minimum Gasteiger partial charge on any atom is -0.358 e. The first-order valence-corrected chi connectivity index (χ1v) is 5.68. The quantitative estimate of drug-likeness (QED) is 0.487. The van der Waals surface area contributed by atoms with Gasteiger partial charge in [-0.05, 0) is 12.1 Å². The molecule has 0 atom stereocenters. The van der Waals surface area contributed by atoms with Crippen molar-refractivity contribution in [3.8, 4) is 6.07 Å². The first-order chi connectivity index (χ1) is 8.69. The molecule has 18 heavy (non-hydrogen) atoms. The fraction of sp³-hybridized carbons (Fsp3) is 0.167. The molecule has 94 valence electrons. The molecule has 0 saturated heterocycles. The Bertz CT molecular complexity index is 496. The maximum atomic E-state index is 13.3. The summed E-state index contributed by atoms with van der Waals surface area (Å²) in [6, 6.07) is 7.67. The summed E-state index contributed by atoms with van der Waals surface area (Å²) < 4.78 is 13.3. The number of nitriles is 1. The van der Waals surface area contributed by atoms with E-state index in [4.69, 9.17) is 16.9 Å². The van der Waals surface area contributed by atoms with Crippen molar-refractivity contribution in [1.82, 2.24) is 5.32 Å². The second-order valence-electron chi connectivity index (χ2n) is 3.24. The lowest BCUT2D eigenvalue weighted by Gasteiger charge is -2.04. The van der Waals surface area contributed by atoms with Crippen molar-refractivity contribution in [1.29, 1.82) is 5.26 Å². The summed E-state index contributed by atoms with van der Waals surface area (Å²) in [5, 5.41) is 13.8. The van der Waals surface area contributed by atoms with Crippen LogP contribution in [0.15, 0.2) is 36.0 Å². The van der Waals surface area contributed by atoms with Crippen LogP contribution >= 0.6 is 11.6 Å². The summed E-state index contributed by atoms with van der Waals surface area (Å²) >= 11 is 5.40. The van der Waals surface area contributed by atoms with Crippen LogP contribution in [-0.2, 0) is 4.79 Å². The number of nitrogens with zero attached hydrogens (tertiary/aromatic N) is 1. The van der Waals surface area contributed by atoms with Gasteiger partial charge in [-0.25, -0.2) is 4.39 Å². The summed E-state index contributed by atoms with van der Waals surface area (Å²) in [4.78, 5) is 11.4. The molecule has 0 unspecified atom stereocenters. The highest BCUT2D eigenvalue weighted by molar-refractivity contribution is 6.18. The molecule has 0 aromatic heterocycles. The lowest BCUT2D eigenvalue weighted by molar-refractivity contribution is -0.117. The molecular weight excluding hydrogens is 257 g/mol. The first kappa shape index (κ1) is 14.0. The van der Waals surface area contributed by atoms with Gasteiger partial charge in [0, 0.05) is 18.6 Å². The van der Waals surface area contributed by atoms with E-state index in [1.807, 2.05) is 0 Å². The van der Waals surface area contributed by atoms with E-state index < -0.39 is 11.7 Å². The largest absolute Gasteiger partial charge is 0.358 e. The Morgan fingerprint density at radius 3 is 2.83 bits per heavy atom. The smallest absolute Gasteiger partial charge is 0.263 e. The highest BCUT2D eigenvalue weighted by Crippen LogP contribution is 2.12. The summed E-state index contributed by atoms with van der Waals surface area (Å²) in [7, 11) is 0. The van der Waals surface area contributed by atoms with Crippen molar-refractivity contribution < 1.29 is 9.18 Å². The number of carbonyl (C=O) groups excluding carboxylic acids is 1. The predicted molar refractivity (Wildman–Crippen MR) is 67.4 cm³/mol. The van der Waals surface area contributed by atoms with Crippen molar-refractivity contribution >= 4 is 23.2 Å². The Balaban J connectivity index is 2.72. The number of alkyl halides is 1. The number of anilines is 1. The molecule has 0 bridgehead atoms. The summed E-state index contributed by atoms with van der Waals surface area (Å²) in [6.07, 6.45) is 1.15. The maximum Gasteiger partial charge on any atom is 0.263 e. The highest BCUT2D eigenvalue weighted by atomic mass is 35.5. The van der Waals surface area contributed by atoms with E-state index in [2.05, 4.69) is 10.6 Å². The van der Waals surface area contributed by atoms with Gasteiger partial charge in [0.1, 0.15) is 17.5 Å². The fourth-order valence-corrected chi connectivity index (χ4v) is 1.23. The third-order valence-electron chi connectivity index (χ3n) is 1.99. The Kier molecular flexibility index (Phi) is 5.68. The lowest BCUT2D eigenvalue weighted by atomic mass is 10.2. The number of hydrogen-bond donors (Lipinski definition) is 2. The van der Waals surface area contributed by atoms with E-state index in [0.717, 1.165) is 6.20 Å². The SMILES string of the molecule is N#C/C(=C/Nc1ccccc1F)C(=O)NCCCl. The summed E-state index contributed by atoms with van der Waals surface area (Å²) in [5.74, 6) is -0.764. The van der Waals surface area contributed by atoms with Crippen molar-refractivity contribution in [2.75, 3.05) is 17.7 Å². The van der Waals surface area contributed by atoms with Gasteiger partial charge in [0.25, 0.3) is 5.91 Å². The monoisotopic (exact) mass is 267 g/mol. The Morgan fingerprint density at radius 2 is 2.22 bits per heavy atom. The van der Waals surface area contributed by atoms with E-state index in [9.17, 15) is 9.18 Å². The molecule has 4 nitrogen and oxygen atoms in total. The van der Waals surface area contributed by atoms with Crippen molar-refractivity contribution in [2.24, 2.45) is 0 Å². The lowest BCUT2D eigenvalue weighted by Crippen LogP contribution is -2.26. The minimum atomic E-state index is -0.554. The number of para-hydroxylation sites is 1. The van der Waals surface area contributed by atoms with Crippen LogP contribution < -0.4 is 10.6 Å². The molecule has 0 heterocycles. The average molecular weight is 268 g/mol. The number of carbonyl (C=O) groups is 1. The molecule has 0 spiro atoms. The van der Waals surface area contributed by atoms with Gasteiger partial charge in [-0.15, -0.1) is 11.6 Å². The molecule has 0 aliphatic carbocycles. The zero-order valence-electron chi connectivity index (χ0n) is 9.41. The number of rotatable bonds is 5. The van der Waals surface area contributed by atoms with Crippen molar-refractivity contribution in [3.05, 3.63) is 41.9 Å². The van der Waals surface area contributed by atoms with Crippen LogP contribution in [0.1, 0.15) is 0 Å². The molecule has 1 amide bonds. The molecule has 1 aromatic rings. The van der Waals surface area contributed by atoms with Crippen LogP contribution in [0.4, 0.5) is 10.1 Å². The summed E-state index contributed by atoms with van der Waals surface area (Å²) in [6.45, 7) is 0.263. The molecule has 0 saturated carbocycles. The molecular formula is C12H11ClFN3O. The molecule has 6 heteroatoms. The first-order valence-electron chi connectivity index (χ1n) is 5.14. The van der Waals surface area contributed by atoms with Crippen LogP contribution in [0.25, 0.3) is 0 Å². The van der Waals surface area contributed by atoms with Gasteiger partial charge in [0.2, 0.25) is 0 Å². The molecule has 0 radical (unpaired) electrons. The number of halogens is 2. The number of amides is 1. The van der Waals surface area contributed by atoms with Crippen molar-refractivity contribution in [2.45, 2.75) is 0 Å². The van der Waals surface area contributed by atoms with Gasteiger partial charge >= 0.3 is 0 Å². The number of benzene rings is 1. The second-order valence-corrected chi connectivity index (χ2v) is 3.62. The van der Waals surface area contributed by atoms with E-state index in [-0.39, 0.29) is 23.7 Å². The van der Waals surface area contributed by atoms with Gasteiger partial charge in [0.15, 0.2) is 0 Å². The third kappa shape index (κ3) is 4.07. The van der Waals surface area contributed by atoms with E-state index in [1.54, 1.807) is 18.2 Å². The molecule has 2 N–H and O–H groups in total. The van der Waals surface area contributed by atoms with Gasteiger partial charge in [-0.1, -0.05) is 12.1 Å². The van der Waals surface area contributed by atoms with E-state index in [1.165, 1.54) is 12.1 Å². The highest BCUT2D eigenvalue weighted by Gasteiger charge is 2.08. The topological polar surface area (TPSA) is 64.9 Å². The molecule has 1 rings (SSSR count). The van der Waals surface area contributed by atoms with E-state index >= 15 is 0 Å². The fourth-order valence-electron chi connectivity index (χ4n) is 1.13. The van der Waals surface area contributed by atoms with Crippen molar-refractivity contribution in [3.63, 3.8) is 0 Å². The maximum absolute atomic E-state index is 13.3.